The molecule has 0 unspecified atom stereocenters. The minimum absolute atomic E-state index is 0.294. The summed E-state index contributed by atoms with van der Waals surface area (Å²) < 4.78 is 4.65. The molecule has 0 saturated carbocycles. The number of pyridine rings is 1. The first-order valence-electron chi connectivity index (χ1n) is 8.03. The smallest absolute Gasteiger partial charge is 0.337 e. The SMILES string of the molecule is COC(=O)c1ccc(NC(=O)c2ccnc(Nc3cccc(Cl)c3)c2)cc1. The second-order valence-electron chi connectivity index (χ2n) is 5.59. The summed E-state index contributed by atoms with van der Waals surface area (Å²) in [7, 11) is 1.32. The predicted molar refractivity (Wildman–Crippen MR) is 105 cm³/mol. The van der Waals surface area contributed by atoms with Gasteiger partial charge in [0.2, 0.25) is 0 Å². The quantitative estimate of drug-likeness (QED) is 0.635. The Morgan fingerprint density at radius 1 is 0.963 bits per heavy atom. The molecule has 1 aromatic heterocycles. The molecule has 0 radical (unpaired) electrons. The highest BCUT2D eigenvalue weighted by Gasteiger charge is 2.09. The van der Waals surface area contributed by atoms with Gasteiger partial charge in [-0.15, -0.1) is 0 Å². The molecule has 3 aromatic rings. The van der Waals surface area contributed by atoms with Gasteiger partial charge in [0.15, 0.2) is 0 Å². The molecule has 0 spiro atoms. The van der Waals surface area contributed by atoms with Crippen LogP contribution < -0.4 is 10.6 Å². The first-order valence-corrected chi connectivity index (χ1v) is 8.41. The fourth-order valence-electron chi connectivity index (χ4n) is 2.37. The van der Waals surface area contributed by atoms with Crippen molar-refractivity contribution in [3.05, 3.63) is 83.0 Å². The van der Waals surface area contributed by atoms with Crippen LogP contribution in [0.1, 0.15) is 20.7 Å². The van der Waals surface area contributed by atoms with Crippen molar-refractivity contribution >= 4 is 40.7 Å². The lowest BCUT2D eigenvalue weighted by Crippen LogP contribution is -2.12. The van der Waals surface area contributed by atoms with Gasteiger partial charge < -0.3 is 15.4 Å². The van der Waals surface area contributed by atoms with Gasteiger partial charge in [-0.3, -0.25) is 4.79 Å². The molecule has 1 heterocycles. The van der Waals surface area contributed by atoms with E-state index in [1.807, 2.05) is 12.1 Å². The van der Waals surface area contributed by atoms with Crippen molar-refractivity contribution in [2.24, 2.45) is 0 Å². The minimum Gasteiger partial charge on any atom is -0.465 e. The van der Waals surface area contributed by atoms with Gasteiger partial charge in [0.25, 0.3) is 5.91 Å². The third-order valence-corrected chi connectivity index (χ3v) is 3.92. The molecule has 136 valence electrons. The van der Waals surface area contributed by atoms with Crippen LogP contribution in [0.3, 0.4) is 0 Å². The first-order chi connectivity index (χ1) is 13.0. The topological polar surface area (TPSA) is 80.3 Å². The van der Waals surface area contributed by atoms with E-state index in [4.69, 9.17) is 11.6 Å². The third kappa shape index (κ3) is 4.83. The van der Waals surface area contributed by atoms with Crippen molar-refractivity contribution in [2.45, 2.75) is 0 Å². The average Bonchev–Trinajstić information content (AvgIpc) is 2.68. The summed E-state index contributed by atoms with van der Waals surface area (Å²) in [5.41, 5.74) is 2.18. The number of benzene rings is 2. The van der Waals surface area contributed by atoms with Crippen LogP contribution in [0.4, 0.5) is 17.2 Å². The van der Waals surface area contributed by atoms with Crippen molar-refractivity contribution < 1.29 is 14.3 Å². The number of nitrogens with zero attached hydrogens (tertiary/aromatic N) is 1. The van der Waals surface area contributed by atoms with Crippen molar-refractivity contribution in [2.75, 3.05) is 17.7 Å². The molecule has 3 rings (SSSR count). The molecule has 7 heteroatoms. The van der Waals surface area contributed by atoms with Gasteiger partial charge in [-0.2, -0.15) is 0 Å². The summed E-state index contributed by atoms with van der Waals surface area (Å²) in [5, 5.41) is 6.48. The second kappa shape index (κ2) is 8.33. The van der Waals surface area contributed by atoms with Gasteiger partial charge >= 0.3 is 5.97 Å². The van der Waals surface area contributed by atoms with E-state index in [0.717, 1.165) is 5.69 Å². The fraction of sp³-hybridized carbons (Fsp3) is 0.0500. The monoisotopic (exact) mass is 381 g/mol. The zero-order valence-electron chi connectivity index (χ0n) is 14.4. The number of carbonyl (C=O) groups excluding carboxylic acids is 2. The molecule has 2 aromatic carbocycles. The predicted octanol–water partition coefficient (Wildman–Crippen LogP) is 4.52. The van der Waals surface area contributed by atoms with E-state index in [-0.39, 0.29) is 5.91 Å². The highest BCUT2D eigenvalue weighted by atomic mass is 35.5. The number of nitrogens with one attached hydrogen (secondary N) is 2. The Bertz CT molecular complexity index is 974. The maximum absolute atomic E-state index is 12.5. The lowest BCUT2D eigenvalue weighted by atomic mass is 10.2. The maximum Gasteiger partial charge on any atom is 0.337 e. The van der Waals surface area contributed by atoms with Gasteiger partial charge in [0.05, 0.1) is 12.7 Å². The van der Waals surface area contributed by atoms with E-state index in [1.54, 1.807) is 54.7 Å². The molecule has 27 heavy (non-hydrogen) atoms. The zero-order valence-corrected chi connectivity index (χ0v) is 15.2. The highest BCUT2D eigenvalue weighted by Crippen LogP contribution is 2.20. The summed E-state index contributed by atoms with van der Waals surface area (Å²) in [6.07, 6.45) is 1.54. The molecule has 0 bridgehead atoms. The number of methoxy groups -OCH3 is 1. The molecule has 0 aliphatic heterocycles. The van der Waals surface area contributed by atoms with E-state index in [0.29, 0.717) is 27.7 Å². The average molecular weight is 382 g/mol. The Kier molecular flexibility index (Phi) is 5.68. The zero-order chi connectivity index (χ0) is 19.2. The third-order valence-electron chi connectivity index (χ3n) is 3.68. The summed E-state index contributed by atoms with van der Waals surface area (Å²) >= 11 is 5.97. The van der Waals surface area contributed by atoms with Crippen LogP contribution >= 0.6 is 11.6 Å². The Labute approximate surface area is 161 Å². The highest BCUT2D eigenvalue weighted by molar-refractivity contribution is 6.30. The maximum atomic E-state index is 12.5. The van der Waals surface area contributed by atoms with Crippen molar-refractivity contribution in [1.29, 1.82) is 0 Å². The van der Waals surface area contributed by atoms with Crippen LogP contribution in [0.15, 0.2) is 66.9 Å². The summed E-state index contributed by atoms with van der Waals surface area (Å²) in [4.78, 5) is 28.1. The molecule has 6 nitrogen and oxygen atoms in total. The van der Waals surface area contributed by atoms with Crippen molar-refractivity contribution in [3.8, 4) is 0 Å². The number of hydrogen-bond donors (Lipinski definition) is 2. The van der Waals surface area contributed by atoms with Crippen LogP contribution in [-0.4, -0.2) is 24.0 Å². The molecule has 0 saturated heterocycles. The number of hydrogen-bond acceptors (Lipinski definition) is 5. The number of halogens is 1. The number of esters is 1. The van der Waals surface area contributed by atoms with E-state index in [9.17, 15) is 9.59 Å². The number of ether oxygens (including phenoxy) is 1. The molecule has 1 amide bonds. The lowest BCUT2D eigenvalue weighted by molar-refractivity contribution is 0.0600. The van der Waals surface area contributed by atoms with Crippen LogP contribution in [0.2, 0.25) is 5.02 Å². The summed E-state index contributed by atoms with van der Waals surface area (Å²) in [6, 6.07) is 16.9. The van der Waals surface area contributed by atoms with E-state index in [1.165, 1.54) is 7.11 Å². The number of aromatic nitrogens is 1. The molecule has 2 N–H and O–H groups in total. The van der Waals surface area contributed by atoms with Crippen molar-refractivity contribution in [1.82, 2.24) is 4.98 Å². The number of carbonyl (C=O) groups is 2. The number of anilines is 3. The van der Waals surface area contributed by atoms with E-state index >= 15 is 0 Å². The first kappa shape index (κ1) is 18.4. The summed E-state index contributed by atoms with van der Waals surface area (Å²) in [5.74, 6) is -0.206. The van der Waals surface area contributed by atoms with E-state index < -0.39 is 5.97 Å². The fourth-order valence-corrected chi connectivity index (χ4v) is 2.56. The molecular formula is C20H16ClN3O3. The van der Waals surface area contributed by atoms with Gasteiger partial charge in [-0.25, -0.2) is 9.78 Å². The Morgan fingerprint density at radius 2 is 1.74 bits per heavy atom. The van der Waals surface area contributed by atoms with Gasteiger partial charge in [-0.05, 0) is 54.6 Å². The Balaban J connectivity index is 1.70. The molecule has 0 atom stereocenters. The normalized spacial score (nSPS) is 10.1. The van der Waals surface area contributed by atoms with Crippen LogP contribution in [0, 0.1) is 0 Å². The number of amides is 1. The summed E-state index contributed by atoms with van der Waals surface area (Å²) in [6.45, 7) is 0. The standard InChI is InChI=1S/C20H16ClN3O3/c1-27-20(26)13-5-7-16(8-6-13)24-19(25)14-9-10-22-18(11-14)23-17-4-2-3-15(21)12-17/h2-12H,1H3,(H,22,23)(H,24,25). The van der Waals surface area contributed by atoms with Crippen LogP contribution in [0.25, 0.3) is 0 Å². The van der Waals surface area contributed by atoms with Crippen LogP contribution in [-0.2, 0) is 4.74 Å². The Morgan fingerprint density at radius 3 is 2.44 bits per heavy atom. The second-order valence-corrected chi connectivity index (χ2v) is 6.02. The molecular weight excluding hydrogens is 366 g/mol. The Hall–Kier alpha value is -3.38. The van der Waals surface area contributed by atoms with Crippen molar-refractivity contribution in [3.63, 3.8) is 0 Å². The largest absolute Gasteiger partial charge is 0.465 e. The lowest BCUT2D eigenvalue weighted by Gasteiger charge is -2.09. The van der Waals surface area contributed by atoms with E-state index in [2.05, 4.69) is 20.4 Å². The van der Waals surface area contributed by atoms with Gasteiger partial charge in [0, 0.05) is 28.2 Å². The molecule has 0 aliphatic carbocycles. The van der Waals surface area contributed by atoms with Gasteiger partial charge in [0.1, 0.15) is 5.82 Å². The molecule has 0 aliphatic rings. The van der Waals surface area contributed by atoms with Gasteiger partial charge in [-0.1, -0.05) is 17.7 Å². The van der Waals surface area contributed by atoms with Crippen LogP contribution in [0.5, 0.6) is 0 Å². The number of rotatable bonds is 5. The molecule has 0 fully saturated rings. The minimum atomic E-state index is -0.432.